The number of aliphatic hydroxyl groups excluding tert-OH is 1. The predicted octanol–water partition coefficient (Wildman–Crippen LogP) is 6.42. The zero-order valence-corrected chi connectivity index (χ0v) is 30.1. The summed E-state index contributed by atoms with van der Waals surface area (Å²) in [5, 5.41) is 11.2. The first-order chi connectivity index (χ1) is 23.5. The van der Waals surface area contributed by atoms with Gasteiger partial charge in [0.1, 0.15) is 35.2 Å². The van der Waals surface area contributed by atoms with Crippen molar-refractivity contribution in [2.24, 2.45) is 0 Å². The van der Waals surface area contributed by atoms with Gasteiger partial charge in [0.05, 0.1) is 32.5 Å². The maximum Gasteiger partial charge on any atom is 0.351 e. The zero-order chi connectivity index (χ0) is 35.0. The number of benzene rings is 3. The molecule has 1 aliphatic heterocycles. The Morgan fingerprint density at radius 1 is 0.959 bits per heavy atom. The second-order valence-electron chi connectivity index (χ2n) is 12.5. The minimum atomic E-state index is -1.09. The van der Waals surface area contributed by atoms with Crippen LogP contribution in [-0.2, 0) is 15.1 Å². The number of rotatable bonds is 12. The number of methoxy groups -OCH3 is 2. The highest BCUT2D eigenvalue weighted by atomic mass is 33.1. The molecule has 1 aromatic heterocycles. The van der Waals surface area contributed by atoms with E-state index in [-0.39, 0.29) is 23.6 Å². The molecule has 4 aromatic rings. The van der Waals surface area contributed by atoms with E-state index in [0.29, 0.717) is 23.5 Å². The Balaban J connectivity index is 1.41. The minimum Gasteiger partial charge on any atom is -0.497 e. The minimum absolute atomic E-state index is 0.0126. The standard InChI is InChI=1S/C38H43N3O6S2/c1-37(2,3)49-48-22-10-9-11-26-24-41(36(43)40-35(26)39)34-23-32(42)33(47-34)25-46-38(27-12-7-6-8-13-27,28-14-18-30(44-4)19-15-28)29-16-20-31(45-5)21-17-29/h6-8,12-21,24,32-34,42H,10,22-23,25H2,1-5H3,(H2,39,40,43)/t32-,33+,34+/m0/s1. The molecule has 0 radical (unpaired) electrons. The van der Waals surface area contributed by atoms with Crippen molar-refractivity contribution in [3.05, 3.63) is 118 Å². The first-order valence-corrected chi connectivity index (χ1v) is 18.4. The summed E-state index contributed by atoms with van der Waals surface area (Å²) in [5.74, 6) is 8.54. The van der Waals surface area contributed by atoms with Crippen LogP contribution >= 0.6 is 21.6 Å². The van der Waals surface area contributed by atoms with E-state index in [1.807, 2.05) is 89.7 Å². The van der Waals surface area contributed by atoms with Crippen molar-refractivity contribution in [2.75, 3.05) is 32.3 Å². The molecule has 2 heterocycles. The van der Waals surface area contributed by atoms with Gasteiger partial charge in [-0.1, -0.05) is 109 Å². The molecule has 5 rings (SSSR count). The van der Waals surface area contributed by atoms with Gasteiger partial charge in [0.15, 0.2) is 0 Å². The van der Waals surface area contributed by atoms with Gasteiger partial charge >= 0.3 is 5.69 Å². The van der Waals surface area contributed by atoms with Gasteiger partial charge < -0.3 is 29.8 Å². The fraction of sp³-hybridized carbons (Fsp3) is 0.368. The third-order valence-corrected chi connectivity index (χ3v) is 11.3. The first-order valence-electron chi connectivity index (χ1n) is 16.0. The van der Waals surface area contributed by atoms with Crippen molar-refractivity contribution < 1.29 is 24.1 Å². The van der Waals surface area contributed by atoms with E-state index in [1.165, 1.54) is 4.57 Å². The van der Waals surface area contributed by atoms with E-state index in [0.717, 1.165) is 22.4 Å². The van der Waals surface area contributed by atoms with Crippen molar-refractivity contribution in [3.8, 4) is 23.3 Å². The molecule has 0 bridgehead atoms. The summed E-state index contributed by atoms with van der Waals surface area (Å²) in [6.07, 6.45) is -0.0518. The second-order valence-corrected chi connectivity index (χ2v) is 15.8. The van der Waals surface area contributed by atoms with Crippen molar-refractivity contribution in [1.82, 2.24) is 9.55 Å². The Labute approximate surface area is 295 Å². The summed E-state index contributed by atoms with van der Waals surface area (Å²) in [5.41, 5.74) is 7.44. The number of nitrogen functional groups attached to an aromatic ring is 1. The molecule has 1 fully saturated rings. The third-order valence-electron chi connectivity index (χ3n) is 7.98. The number of aliphatic hydroxyl groups is 1. The van der Waals surface area contributed by atoms with Crippen LogP contribution in [0.25, 0.3) is 0 Å². The van der Waals surface area contributed by atoms with Crippen LogP contribution in [0.2, 0.25) is 0 Å². The van der Waals surface area contributed by atoms with Crippen LogP contribution in [0.4, 0.5) is 5.82 Å². The quantitative estimate of drug-likeness (QED) is 0.0742. The van der Waals surface area contributed by atoms with E-state index in [4.69, 9.17) is 24.7 Å². The molecule has 0 amide bonds. The van der Waals surface area contributed by atoms with E-state index >= 15 is 0 Å². The maximum absolute atomic E-state index is 13.0. The largest absolute Gasteiger partial charge is 0.497 e. The Bertz CT molecular complexity index is 1750. The molecule has 1 aliphatic rings. The summed E-state index contributed by atoms with van der Waals surface area (Å²) in [4.78, 5) is 17.0. The van der Waals surface area contributed by atoms with Gasteiger partial charge in [0, 0.05) is 29.5 Å². The maximum atomic E-state index is 13.0. The lowest BCUT2D eigenvalue weighted by molar-refractivity contribution is -0.0944. The van der Waals surface area contributed by atoms with Crippen molar-refractivity contribution in [1.29, 1.82) is 0 Å². The van der Waals surface area contributed by atoms with Crippen LogP contribution in [0.15, 0.2) is 89.9 Å². The van der Waals surface area contributed by atoms with Gasteiger partial charge in [-0.2, -0.15) is 4.98 Å². The lowest BCUT2D eigenvalue weighted by atomic mass is 9.80. The van der Waals surface area contributed by atoms with Crippen LogP contribution in [-0.4, -0.2) is 58.2 Å². The highest BCUT2D eigenvalue weighted by Gasteiger charge is 2.42. The average molecular weight is 702 g/mol. The van der Waals surface area contributed by atoms with Crippen molar-refractivity contribution in [2.45, 2.75) is 62.4 Å². The number of anilines is 1. The molecule has 1 saturated heterocycles. The third kappa shape index (κ3) is 8.82. The highest BCUT2D eigenvalue weighted by Crippen LogP contribution is 2.43. The first kappa shape index (κ1) is 36.4. The SMILES string of the molecule is COc1ccc(C(OC[C@H]2O[C@@H](n3cc(C#CCCSSC(C)(C)C)c(N)nc3=O)C[C@@H]2O)(c2ccccc2)c2ccc(OC)cc2)cc1. The van der Waals surface area contributed by atoms with E-state index in [1.54, 1.807) is 31.2 Å². The van der Waals surface area contributed by atoms with Crippen molar-refractivity contribution >= 4 is 27.4 Å². The summed E-state index contributed by atoms with van der Waals surface area (Å²) in [6, 6.07) is 25.3. The van der Waals surface area contributed by atoms with E-state index in [2.05, 4.69) is 37.6 Å². The normalized spacial score (nSPS) is 17.7. The van der Waals surface area contributed by atoms with Gasteiger partial charge in [-0.05, 0) is 41.0 Å². The molecule has 11 heteroatoms. The molecule has 0 saturated carbocycles. The van der Waals surface area contributed by atoms with E-state index < -0.39 is 29.7 Å². The van der Waals surface area contributed by atoms with Gasteiger partial charge in [-0.3, -0.25) is 4.57 Å². The number of aromatic nitrogens is 2. The molecule has 49 heavy (non-hydrogen) atoms. The van der Waals surface area contributed by atoms with Crippen LogP contribution in [0.1, 0.15) is 62.1 Å². The van der Waals surface area contributed by atoms with Crippen LogP contribution in [0.3, 0.4) is 0 Å². The lowest BCUT2D eigenvalue weighted by Gasteiger charge is -2.37. The molecular formula is C38H43N3O6S2. The van der Waals surface area contributed by atoms with Crippen LogP contribution in [0, 0.1) is 11.8 Å². The summed E-state index contributed by atoms with van der Waals surface area (Å²) in [6.45, 7) is 6.53. The van der Waals surface area contributed by atoms with Gasteiger partial charge in [-0.25, -0.2) is 4.79 Å². The topological polar surface area (TPSA) is 118 Å². The summed E-state index contributed by atoms with van der Waals surface area (Å²) < 4.78 is 25.7. The lowest BCUT2D eigenvalue weighted by Crippen LogP contribution is -2.38. The number of hydrogen-bond acceptors (Lipinski definition) is 10. The molecule has 9 nitrogen and oxygen atoms in total. The Kier molecular flexibility index (Phi) is 12.0. The Hall–Kier alpha value is -3.92. The molecular weight excluding hydrogens is 659 g/mol. The number of ether oxygens (including phenoxy) is 4. The van der Waals surface area contributed by atoms with Gasteiger partial charge in [-0.15, -0.1) is 0 Å². The smallest absolute Gasteiger partial charge is 0.351 e. The van der Waals surface area contributed by atoms with Gasteiger partial charge in [0.2, 0.25) is 0 Å². The second kappa shape index (κ2) is 16.2. The van der Waals surface area contributed by atoms with Gasteiger partial charge in [0.25, 0.3) is 0 Å². The zero-order valence-electron chi connectivity index (χ0n) is 28.4. The number of nitrogens with zero attached hydrogens (tertiary/aromatic N) is 2. The fourth-order valence-corrected chi connectivity index (χ4v) is 7.75. The molecule has 0 aliphatic carbocycles. The number of hydrogen-bond donors (Lipinski definition) is 2. The molecule has 0 spiro atoms. The Morgan fingerprint density at radius 3 is 2.12 bits per heavy atom. The fourth-order valence-electron chi connectivity index (χ4n) is 5.57. The van der Waals surface area contributed by atoms with Crippen LogP contribution in [0.5, 0.6) is 11.5 Å². The Morgan fingerprint density at radius 2 is 1.55 bits per heavy atom. The highest BCUT2D eigenvalue weighted by molar-refractivity contribution is 8.77. The van der Waals surface area contributed by atoms with Crippen molar-refractivity contribution in [3.63, 3.8) is 0 Å². The summed E-state index contributed by atoms with van der Waals surface area (Å²) >= 11 is 0. The molecule has 258 valence electrons. The summed E-state index contributed by atoms with van der Waals surface area (Å²) in [7, 11) is 6.84. The van der Waals surface area contributed by atoms with Crippen LogP contribution < -0.4 is 20.9 Å². The molecule has 3 atom stereocenters. The average Bonchev–Trinajstić information content (AvgIpc) is 3.47. The van der Waals surface area contributed by atoms with E-state index in [9.17, 15) is 9.90 Å². The monoisotopic (exact) mass is 701 g/mol. The predicted molar refractivity (Wildman–Crippen MR) is 197 cm³/mol. The molecule has 3 N–H and O–H groups in total. The molecule has 3 aromatic carbocycles. The number of nitrogens with two attached hydrogens (primary N) is 1. The molecule has 0 unspecified atom stereocenters.